The molecule has 0 spiro atoms. The second-order valence-corrected chi connectivity index (χ2v) is 4.47. The quantitative estimate of drug-likeness (QED) is 0.746. The Morgan fingerprint density at radius 2 is 2.21 bits per heavy atom. The van der Waals surface area contributed by atoms with Crippen molar-refractivity contribution >= 4 is 5.82 Å². The minimum atomic E-state index is 0.113. The topological polar surface area (TPSA) is 75.7 Å². The smallest absolute Gasteiger partial charge is 0.218 e. The van der Waals surface area contributed by atoms with Crippen molar-refractivity contribution in [2.75, 3.05) is 11.9 Å². The lowest BCUT2D eigenvalue weighted by Crippen LogP contribution is -2.09. The third-order valence-corrected chi connectivity index (χ3v) is 2.45. The van der Waals surface area contributed by atoms with Gasteiger partial charge in [-0.1, -0.05) is 0 Å². The van der Waals surface area contributed by atoms with Gasteiger partial charge in [0.05, 0.1) is 6.10 Å². The van der Waals surface area contributed by atoms with Gasteiger partial charge < -0.3 is 15.0 Å². The van der Waals surface area contributed by atoms with Crippen molar-refractivity contribution in [1.29, 1.82) is 0 Å². The van der Waals surface area contributed by atoms with Gasteiger partial charge in [-0.2, -0.15) is 0 Å². The van der Waals surface area contributed by atoms with Gasteiger partial charge in [0.2, 0.25) is 5.88 Å². The molecule has 0 aliphatic carbocycles. The Kier molecular flexibility index (Phi) is 4.72. The number of nitrogens with zero attached hydrogens (tertiary/aromatic N) is 3. The van der Waals surface area contributed by atoms with Crippen LogP contribution in [0.2, 0.25) is 0 Å². The molecule has 2 rings (SSSR count). The molecule has 2 heterocycles. The minimum Gasteiger partial charge on any atom is -0.475 e. The number of rotatable bonds is 7. The van der Waals surface area contributed by atoms with Gasteiger partial charge in [0.15, 0.2) is 0 Å². The fourth-order valence-electron chi connectivity index (χ4n) is 1.65. The molecule has 0 radical (unpaired) electrons. The number of aromatic amines is 1. The lowest BCUT2D eigenvalue weighted by Gasteiger charge is -2.10. The van der Waals surface area contributed by atoms with Gasteiger partial charge in [-0.05, 0) is 20.3 Å². The third-order valence-electron chi connectivity index (χ3n) is 2.45. The average Bonchev–Trinajstić information content (AvgIpc) is 2.87. The monoisotopic (exact) mass is 261 g/mol. The summed E-state index contributed by atoms with van der Waals surface area (Å²) in [6, 6.07) is 1.81. The highest BCUT2D eigenvalue weighted by molar-refractivity contribution is 5.36. The SMILES string of the molecule is CC(C)Oc1cc(NCCCc2ncc[nH]2)ncn1. The van der Waals surface area contributed by atoms with Crippen molar-refractivity contribution in [2.45, 2.75) is 32.8 Å². The number of aryl methyl sites for hydroxylation is 1. The fourth-order valence-corrected chi connectivity index (χ4v) is 1.65. The highest BCUT2D eigenvalue weighted by Crippen LogP contribution is 2.12. The first-order valence-electron chi connectivity index (χ1n) is 6.45. The molecule has 0 amide bonds. The Labute approximate surface area is 112 Å². The van der Waals surface area contributed by atoms with Crippen LogP contribution in [0, 0.1) is 0 Å². The lowest BCUT2D eigenvalue weighted by atomic mass is 10.3. The van der Waals surface area contributed by atoms with E-state index in [9.17, 15) is 0 Å². The predicted octanol–water partition coefficient (Wildman–Crippen LogP) is 2.03. The molecule has 6 nitrogen and oxygen atoms in total. The summed E-state index contributed by atoms with van der Waals surface area (Å²) in [6.07, 6.45) is 7.12. The summed E-state index contributed by atoms with van der Waals surface area (Å²) in [4.78, 5) is 15.5. The molecule has 0 fully saturated rings. The van der Waals surface area contributed by atoms with Crippen LogP contribution in [0.4, 0.5) is 5.82 Å². The van der Waals surface area contributed by atoms with Crippen LogP contribution in [0.25, 0.3) is 0 Å². The van der Waals surface area contributed by atoms with Gasteiger partial charge in [-0.15, -0.1) is 0 Å². The van der Waals surface area contributed by atoms with Crippen LogP contribution < -0.4 is 10.1 Å². The number of aromatic nitrogens is 4. The maximum atomic E-state index is 5.51. The maximum absolute atomic E-state index is 5.51. The second-order valence-electron chi connectivity index (χ2n) is 4.47. The number of H-pyrrole nitrogens is 1. The first kappa shape index (κ1) is 13.3. The van der Waals surface area contributed by atoms with E-state index in [2.05, 4.69) is 25.3 Å². The van der Waals surface area contributed by atoms with E-state index in [4.69, 9.17) is 4.74 Å². The van der Waals surface area contributed by atoms with Crippen LogP contribution in [0.5, 0.6) is 5.88 Å². The molecule has 0 saturated heterocycles. The highest BCUT2D eigenvalue weighted by atomic mass is 16.5. The summed E-state index contributed by atoms with van der Waals surface area (Å²) in [5, 5.41) is 3.25. The van der Waals surface area contributed by atoms with Gasteiger partial charge in [-0.3, -0.25) is 0 Å². The summed E-state index contributed by atoms with van der Waals surface area (Å²) >= 11 is 0. The van der Waals surface area contributed by atoms with E-state index in [1.54, 1.807) is 6.20 Å². The van der Waals surface area contributed by atoms with Crippen molar-refractivity contribution in [3.8, 4) is 5.88 Å². The minimum absolute atomic E-state index is 0.113. The van der Waals surface area contributed by atoms with E-state index < -0.39 is 0 Å². The van der Waals surface area contributed by atoms with E-state index in [-0.39, 0.29) is 6.10 Å². The van der Waals surface area contributed by atoms with Gasteiger partial charge in [0, 0.05) is 31.4 Å². The number of ether oxygens (including phenoxy) is 1. The predicted molar refractivity (Wildman–Crippen MR) is 73.2 cm³/mol. The van der Waals surface area contributed by atoms with Crippen LogP contribution >= 0.6 is 0 Å². The molecular weight excluding hydrogens is 242 g/mol. The van der Waals surface area contributed by atoms with E-state index in [1.807, 2.05) is 26.1 Å². The van der Waals surface area contributed by atoms with Crippen LogP contribution in [-0.4, -0.2) is 32.6 Å². The molecule has 19 heavy (non-hydrogen) atoms. The summed E-state index contributed by atoms with van der Waals surface area (Å²) in [7, 11) is 0. The van der Waals surface area contributed by atoms with Crippen LogP contribution in [0.15, 0.2) is 24.8 Å². The number of anilines is 1. The van der Waals surface area contributed by atoms with Gasteiger partial charge in [0.25, 0.3) is 0 Å². The maximum Gasteiger partial charge on any atom is 0.218 e. The first-order valence-corrected chi connectivity index (χ1v) is 6.45. The van der Waals surface area contributed by atoms with Gasteiger partial charge >= 0.3 is 0 Å². The standard InChI is InChI=1S/C13H19N5O/c1-10(2)19-13-8-12(17-9-18-13)14-5-3-4-11-15-6-7-16-11/h6-10H,3-5H2,1-2H3,(H,15,16)(H,14,17,18). The lowest BCUT2D eigenvalue weighted by molar-refractivity contribution is 0.232. The molecule has 0 unspecified atom stereocenters. The molecule has 0 atom stereocenters. The molecule has 102 valence electrons. The Morgan fingerprint density at radius 1 is 1.32 bits per heavy atom. The Bertz CT molecular complexity index is 484. The number of hydrogen-bond acceptors (Lipinski definition) is 5. The summed E-state index contributed by atoms with van der Waals surface area (Å²) in [6.45, 7) is 4.77. The van der Waals surface area contributed by atoms with E-state index in [0.717, 1.165) is 31.0 Å². The van der Waals surface area contributed by atoms with E-state index in [0.29, 0.717) is 5.88 Å². The molecule has 0 aromatic carbocycles. The third kappa shape index (κ3) is 4.57. The highest BCUT2D eigenvalue weighted by Gasteiger charge is 2.02. The van der Waals surface area contributed by atoms with E-state index in [1.165, 1.54) is 6.33 Å². The molecule has 2 N–H and O–H groups in total. The van der Waals surface area contributed by atoms with E-state index >= 15 is 0 Å². The van der Waals surface area contributed by atoms with Crippen molar-refractivity contribution < 1.29 is 4.74 Å². The normalized spacial score (nSPS) is 10.7. The largest absolute Gasteiger partial charge is 0.475 e. The zero-order chi connectivity index (χ0) is 13.5. The van der Waals surface area contributed by atoms with Gasteiger partial charge in [0.1, 0.15) is 18.0 Å². The fraction of sp³-hybridized carbons (Fsp3) is 0.462. The Balaban J connectivity index is 1.76. The molecular formula is C13H19N5O. The first-order chi connectivity index (χ1) is 9.24. The number of imidazole rings is 1. The van der Waals surface area contributed by atoms with Crippen LogP contribution in [-0.2, 0) is 6.42 Å². The second kappa shape index (κ2) is 6.72. The van der Waals surface area contributed by atoms with Crippen molar-refractivity contribution in [1.82, 2.24) is 19.9 Å². The summed E-state index contributed by atoms with van der Waals surface area (Å²) in [5.74, 6) is 2.39. The van der Waals surface area contributed by atoms with Crippen molar-refractivity contribution in [3.05, 3.63) is 30.6 Å². The number of hydrogen-bond donors (Lipinski definition) is 2. The summed E-state index contributed by atoms with van der Waals surface area (Å²) in [5.41, 5.74) is 0. The molecule has 0 aliphatic rings. The van der Waals surface area contributed by atoms with Crippen molar-refractivity contribution in [2.24, 2.45) is 0 Å². The Hall–Kier alpha value is -2.11. The molecule has 0 aliphatic heterocycles. The molecule has 2 aromatic heterocycles. The Morgan fingerprint density at radius 3 is 2.95 bits per heavy atom. The van der Waals surface area contributed by atoms with Crippen molar-refractivity contribution in [3.63, 3.8) is 0 Å². The zero-order valence-electron chi connectivity index (χ0n) is 11.3. The molecule has 6 heteroatoms. The van der Waals surface area contributed by atoms with Crippen LogP contribution in [0.3, 0.4) is 0 Å². The average molecular weight is 261 g/mol. The zero-order valence-corrected chi connectivity index (χ0v) is 11.3. The molecule has 2 aromatic rings. The van der Waals surface area contributed by atoms with Crippen LogP contribution in [0.1, 0.15) is 26.1 Å². The summed E-state index contributed by atoms with van der Waals surface area (Å²) < 4.78 is 5.51. The molecule has 0 saturated carbocycles. The number of nitrogens with one attached hydrogen (secondary N) is 2. The molecule has 0 bridgehead atoms. The van der Waals surface area contributed by atoms with Gasteiger partial charge in [-0.25, -0.2) is 15.0 Å².